The van der Waals surface area contributed by atoms with E-state index in [-0.39, 0.29) is 0 Å². The highest BCUT2D eigenvalue weighted by molar-refractivity contribution is 6.60. The monoisotopic (exact) mass is 260 g/mol. The van der Waals surface area contributed by atoms with Crippen molar-refractivity contribution < 1.29 is 13.3 Å². The molecular weight excluding hydrogens is 236 g/mol. The molecule has 0 spiro atoms. The maximum atomic E-state index is 5.39. The van der Waals surface area contributed by atoms with Gasteiger partial charge in [-0.1, -0.05) is 0 Å². The van der Waals surface area contributed by atoms with Crippen LogP contribution in [0.15, 0.2) is 12.4 Å². The van der Waals surface area contributed by atoms with Crippen LogP contribution >= 0.6 is 0 Å². The predicted molar refractivity (Wildman–Crippen MR) is 69.3 cm³/mol. The molecule has 0 aliphatic carbocycles. The first-order valence-corrected chi connectivity index (χ1v) is 7.94. The lowest BCUT2D eigenvalue weighted by Gasteiger charge is -2.25. The largest absolute Gasteiger partial charge is 0.500 e. The Morgan fingerprint density at radius 3 is 2.12 bits per heavy atom. The van der Waals surface area contributed by atoms with E-state index in [0.717, 1.165) is 32.2 Å². The Balaban J connectivity index is 2.26. The van der Waals surface area contributed by atoms with E-state index in [1.807, 2.05) is 0 Å². The predicted octanol–water partition coefficient (Wildman–Crippen LogP) is 1.32. The number of hydrogen-bond acceptors (Lipinski definition) is 5. The van der Waals surface area contributed by atoms with Crippen LogP contribution in [-0.2, 0) is 13.3 Å². The van der Waals surface area contributed by atoms with E-state index >= 15 is 0 Å². The molecule has 0 N–H and O–H groups in total. The molecule has 5 nitrogen and oxygen atoms in total. The zero-order chi connectivity index (χ0) is 12.7. The number of rotatable bonds is 8. The topological polar surface area (TPSA) is 34.2 Å². The minimum Gasteiger partial charge on any atom is -0.377 e. The molecule has 0 atom stereocenters. The van der Waals surface area contributed by atoms with Crippen molar-refractivity contribution in [2.75, 3.05) is 41.1 Å². The van der Waals surface area contributed by atoms with Gasteiger partial charge in [0.2, 0.25) is 0 Å². The molecule has 1 aliphatic heterocycles. The summed E-state index contributed by atoms with van der Waals surface area (Å²) in [5, 5.41) is 0. The van der Waals surface area contributed by atoms with E-state index in [9.17, 15) is 0 Å². The second-order valence-electron chi connectivity index (χ2n) is 4.06. The maximum absolute atomic E-state index is 5.39. The molecule has 0 aromatic carbocycles. The third-order valence-corrected chi connectivity index (χ3v) is 5.95. The lowest BCUT2D eigenvalue weighted by atomic mass is 10.4. The number of nitrogens with zero attached hydrogens (tertiary/aromatic N) is 2. The van der Waals surface area contributed by atoms with Gasteiger partial charge in [0, 0.05) is 52.9 Å². The lowest BCUT2D eigenvalue weighted by molar-refractivity contribution is 0.121. The van der Waals surface area contributed by atoms with Crippen LogP contribution in [0.5, 0.6) is 0 Å². The molecule has 100 valence electrons. The molecule has 0 saturated carbocycles. The van der Waals surface area contributed by atoms with E-state index in [1.54, 1.807) is 21.3 Å². The van der Waals surface area contributed by atoms with Gasteiger partial charge in [0.25, 0.3) is 0 Å². The van der Waals surface area contributed by atoms with Crippen LogP contribution < -0.4 is 0 Å². The second kappa shape index (κ2) is 7.00. The minimum absolute atomic E-state index is 0.854. The fourth-order valence-electron chi connectivity index (χ4n) is 1.92. The van der Waals surface area contributed by atoms with Crippen LogP contribution in [0.3, 0.4) is 0 Å². The average molecular weight is 260 g/mol. The molecule has 1 heterocycles. The van der Waals surface area contributed by atoms with Crippen molar-refractivity contribution in [2.24, 2.45) is 0 Å². The fourth-order valence-corrected chi connectivity index (χ4v) is 3.63. The Morgan fingerprint density at radius 1 is 1.06 bits per heavy atom. The summed E-state index contributed by atoms with van der Waals surface area (Å²) < 4.78 is 16.2. The zero-order valence-electron chi connectivity index (χ0n) is 11.3. The van der Waals surface area contributed by atoms with Gasteiger partial charge in [-0.15, -0.1) is 0 Å². The normalized spacial score (nSPS) is 16.0. The molecule has 1 aliphatic rings. The molecule has 0 aromatic heterocycles. The van der Waals surface area contributed by atoms with Crippen molar-refractivity contribution in [1.82, 2.24) is 9.80 Å². The highest BCUT2D eigenvalue weighted by Crippen LogP contribution is 2.16. The van der Waals surface area contributed by atoms with Gasteiger partial charge < -0.3 is 23.1 Å². The van der Waals surface area contributed by atoms with Crippen molar-refractivity contribution >= 4 is 8.80 Å². The van der Waals surface area contributed by atoms with E-state index in [2.05, 4.69) is 29.1 Å². The van der Waals surface area contributed by atoms with Gasteiger partial charge in [-0.25, -0.2) is 0 Å². The van der Waals surface area contributed by atoms with E-state index in [1.165, 1.54) is 0 Å². The summed E-state index contributed by atoms with van der Waals surface area (Å²) >= 11 is 0. The molecule has 0 fully saturated rings. The van der Waals surface area contributed by atoms with Crippen LogP contribution in [0.2, 0.25) is 6.04 Å². The zero-order valence-corrected chi connectivity index (χ0v) is 12.3. The second-order valence-corrected chi connectivity index (χ2v) is 7.15. The third kappa shape index (κ3) is 3.99. The fraction of sp³-hybridized carbons (Fsp3) is 0.818. The summed E-state index contributed by atoms with van der Waals surface area (Å²) in [6.07, 6.45) is 5.29. The first-order chi connectivity index (χ1) is 8.19. The summed E-state index contributed by atoms with van der Waals surface area (Å²) in [6, 6.07) is 0.854. The Kier molecular flexibility index (Phi) is 5.97. The first-order valence-electron chi connectivity index (χ1n) is 6.01. The molecule has 0 radical (unpaired) electrons. The van der Waals surface area contributed by atoms with Gasteiger partial charge in [0.05, 0.1) is 6.67 Å². The average Bonchev–Trinajstić information content (AvgIpc) is 2.83. The first kappa shape index (κ1) is 14.5. The molecule has 1 rings (SSSR count). The van der Waals surface area contributed by atoms with Crippen molar-refractivity contribution in [2.45, 2.75) is 19.4 Å². The Labute approximate surface area is 105 Å². The summed E-state index contributed by atoms with van der Waals surface area (Å²) in [4.78, 5) is 4.57. The molecule has 17 heavy (non-hydrogen) atoms. The molecular formula is C11H24N2O3Si. The standard InChI is InChI=1S/C11H24N2O3Si/c1-5-12-8-9-13(11-12)7-6-10-17(14-2,15-3)16-4/h8-9H,5-7,10-11H2,1-4H3. The van der Waals surface area contributed by atoms with Crippen LogP contribution in [0.4, 0.5) is 0 Å². The SMILES string of the molecule is CCN1C=CN(CCC[Si](OC)(OC)OC)C1. The lowest BCUT2D eigenvalue weighted by Crippen LogP contribution is -2.43. The minimum atomic E-state index is -2.38. The van der Waals surface area contributed by atoms with Gasteiger partial charge in [-0.2, -0.15) is 0 Å². The molecule has 0 unspecified atom stereocenters. The van der Waals surface area contributed by atoms with Crippen molar-refractivity contribution in [3.8, 4) is 0 Å². The van der Waals surface area contributed by atoms with Crippen LogP contribution in [0, 0.1) is 0 Å². The maximum Gasteiger partial charge on any atom is 0.500 e. The highest BCUT2D eigenvalue weighted by Gasteiger charge is 2.37. The van der Waals surface area contributed by atoms with Crippen LogP contribution in [0.25, 0.3) is 0 Å². The molecule has 0 aromatic rings. The Bertz CT molecular complexity index is 239. The van der Waals surface area contributed by atoms with Gasteiger partial charge in [-0.05, 0) is 13.3 Å². The number of hydrogen-bond donors (Lipinski definition) is 0. The smallest absolute Gasteiger partial charge is 0.377 e. The quantitative estimate of drug-likeness (QED) is 0.615. The van der Waals surface area contributed by atoms with Gasteiger partial charge in [0.15, 0.2) is 0 Å². The Hall–Kier alpha value is -0.563. The molecule has 0 amide bonds. The van der Waals surface area contributed by atoms with E-state index in [0.29, 0.717) is 0 Å². The van der Waals surface area contributed by atoms with Gasteiger partial charge in [-0.3, -0.25) is 0 Å². The van der Waals surface area contributed by atoms with Crippen LogP contribution in [0.1, 0.15) is 13.3 Å². The van der Waals surface area contributed by atoms with Crippen molar-refractivity contribution in [1.29, 1.82) is 0 Å². The summed E-state index contributed by atoms with van der Waals surface area (Å²) in [5.41, 5.74) is 0. The van der Waals surface area contributed by atoms with Crippen LogP contribution in [-0.4, -0.2) is 59.7 Å². The van der Waals surface area contributed by atoms with Gasteiger partial charge >= 0.3 is 8.80 Å². The van der Waals surface area contributed by atoms with Gasteiger partial charge in [0.1, 0.15) is 0 Å². The molecule has 6 heteroatoms. The molecule has 0 bridgehead atoms. The molecule has 0 saturated heterocycles. The summed E-state index contributed by atoms with van der Waals surface area (Å²) in [5.74, 6) is 0. The summed E-state index contributed by atoms with van der Waals surface area (Å²) in [6.45, 7) is 5.21. The summed E-state index contributed by atoms with van der Waals surface area (Å²) in [7, 11) is 2.60. The van der Waals surface area contributed by atoms with Crippen molar-refractivity contribution in [3.63, 3.8) is 0 Å². The third-order valence-electron chi connectivity index (χ3n) is 3.12. The van der Waals surface area contributed by atoms with Crippen molar-refractivity contribution in [3.05, 3.63) is 12.4 Å². The van der Waals surface area contributed by atoms with E-state index < -0.39 is 8.80 Å². The highest BCUT2D eigenvalue weighted by atomic mass is 28.4. The Morgan fingerprint density at radius 2 is 1.65 bits per heavy atom. The van der Waals surface area contributed by atoms with E-state index in [4.69, 9.17) is 13.3 Å².